The zero-order valence-electron chi connectivity index (χ0n) is 7.60. The minimum atomic E-state index is -0.319. The molecule has 0 radical (unpaired) electrons. The molecule has 14 heavy (non-hydrogen) atoms. The first-order valence-electron chi connectivity index (χ1n) is 3.81. The van der Waals surface area contributed by atoms with Crippen LogP contribution in [0.2, 0.25) is 10.0 Å². The van der Waals surface area contributed by atoms with Gasteiger partial charge >= 0.3 is 0 Å². The summed E-state index contributed by atoms with van der Waals surface area (Å²) in [7, 11) is 0. The molecule has 0 saturated carbocycles. The van der Waals surface area contributed by atoms with Crippen LogP contribution in [-0.2, 0) is 0 Å². The zero-order chi connectivity index (χ0) is 10.9. The summed E-state index contributed by atoms with van der Waals surface area (Å²) in [6.45, 7) is 2.66. The van der Waals surface area contributed by atoms with Crippen molar-refractivity contribution in [2.45, 2.75) is 13.8 Å². The number of nitrogens with zero attached hydrogens (tertiary/aromatic N) is 1. The maximum Gasteiger partial charge on any atom is 0.179 e. The first-order valence-corrected chi connectivity index (χ1v) is 4.57. The third-order valence-corrected chi connectivity index (χ3v) is 2.38. The molecule has 0 atom stereocenters. The van der Waals surface area contributed by atoms with Gasteiger partial charge in [-0.25, -0.2) is 4.98 Å². The lowest BCUT2D eigenvalue weighted by molar-refractivity contribution is 0.101. The van der Waals surface area contributed by atoms with Gasteiger partial charge in [0.1, 0.15) is 11.4 Å². The molecule has 1 heterocycles. The summed E-state index contributed by atoms with van der Waals surface area (Å²) in [5, 5.41) is 0.251. The molecule has 0 unspecified atom stereocenters. The van der Waals surface area contributed by atoms with Gasteiger partial charge in [0.15, 0.2) is 11.6 Å². The van der Waals surface area contributed by atoms with Crippen molar-refractivity contribution in [3.8, 4) is 0 Å². The van der Waals surface area contributed by atoms with Crippen molar-refractivity contribution in [1.82, 2.24) is 4.98 Å². The molecular formula is C9H7Cl2NO2. The number of carbonyl (C=O) groups is 2. The maximum atomic E-state index is 11.1. The Morgan fingerprint density at radius 1 is 1.21 bits per heavy atom. The van der Waals surface area contributed by atoms with E-state index in [1.54, 1.807) is 0 Å². The second-order valence-electron chi connectivity index (χ2n) is 2.76. The number of halogens is 2. The van der Waals surface area contributed by atoms with E-state index in [9.17, 15) is 9.59 Å². The van der Waals surface area contributed by atoms with E-state index in [1.165, 1.54) is 19.9 Å². The lowest BCUT2D eigenvalue weighted by Crippen LogP contribution is -2.05. The van der Waals surface area contributed by atoms with Crippen LogP contribution in [0.5, 0.6) is 0 Å². The van der Waals surface area contributed by atoms with E-state index in [4.69, 9.17) is 23.2 Å². The Morgan fingerprint density at radius 2 is 1.79 bits per heavy atom. The molecule has 0 spiro atoms. The highest BCUT2D eigenvalue weighted by Crippen LogP contribution is 2.25. The second kappa shape index (κ2) is 4.07. The van der Waals surface area contributed by atoms with Gasteiger partial charge in [-0.1, -0.05) is 23.2 Å². The molecule has 0 aromatic carbocycles. The monoisotopic (exact) mass is 231 g/mol. The fourth-order valence-electron chi connectivity index (χ4n) is 0.912. The Labute approximate surface area is 91.0 Å². The third-order valence-electron chi connectivity index (χ3n) is 1.61. The quantitative estimate of drug-likeness (QED) is 0.736. The van der Waals surface area contributed by atoms with Gasteiger partial charge in [-0.2, -0.15) is 0 Å². The van der Waals surface area contributed by atoms with E-state index in [0.29, 0.717) is 0 Å². The van der Waals surface area contributed by atoms with Crippen LogP contribution in [0.3, 0.4) is 0 Å². The van der Waals surface area contributed by atoms with Gasteiger partial charge in [-0.15, -0.1) is 0 Å². The number of ketones is 2. The highest BCUT2D eigenvalue weighted by atomic mass is 35.5. The first kappa shape index (κ1) is 11.1. The summed E-state index contributed by atoms with van der Waals surface area (Å²) in [6.07, 6.45) is 0. The first-order chi connectivity index (χ1) is 6.43. The van der Waals surface area contributed by atoms with Gasteiger partial charge in [-0.3, -0.25) is 9.59 Å². The topological polar surface area (TPSA) is 47.0 Å². The smallest absolute Gasteiger partial charge is 0.179 e. The number of pyridine rings is 1. The standard InChI is InChI=1S/C9H7Cl2NO2/c1-4(13)7-3-6(10)8(11)9(12-7)5(2)14/h3H,1-2H3. The summed E-state index contributed by atoms with van der Waals surface area (Å²) >= 11 is 11.5. The molecule has 1 aromatic heterocycles. The van der Waals surface area contributed by atoms with Crippen molar-refractivity contribution in [2.24, 2.45) is 0 Å². The van der Waals surface area contributed by atoms with Crippen LogP contribution in [-0.4, -0.2) is 16.6 Å². The SMILES string of the molecule is CC(=O)c1cc(Cl)c(Cl)c(C(C)=O)n1. The molecule has 74 valence electrons. The number of rotatable bonds is 2. The van der Waals surface area contributed by atoms with Crippen LogP contribution in [0, 0.1) is 0 Å². The van der Waals surface area contributed by atoms with Gasteiger partial charge in [0.2, 0.25) is 0 Å². The van der Waals surface area contributed by atoms with Crippen LogP contribution in [0.4, 0.5) is 0 Å². The fourth-order valence-corrected chi connectivity index (χ4v) is 1.33. The van der Waals surface area contributed by atoms with Gasteiger partial charge in [0.05, 0.1) is 10.0 Å². The Balaban J connectivity index is 3.43. The average molecular weight is 232 g/mol. The Morgan fingerprint density at radius 3 is 2.21 bits per heavy atom. The molecule has 1 aromatic rings. The van der Waals surface area contributed by atoms with Gasteiger partial charge in [0.25, 0.3) is 0 Å². The van der Waals surface area contributed by atoms with E-state index in [2.05, 4.69) is 4.98 Å². The molecule has 5 heteroatoms. The van der Waals surface area contributed by atoms with E-state index < -0.39 is 0 Å². The Hall–Kier alpha value is -0.930. The summed E-state index contributed by atoms with van der Waals surface area (Å²) < 4.78 is 0. The summed E-state index contributed by atoms with van der Waals surface area (Å²) in [4.78, 5) is 25.9. The number of carbonyl (C=O) groups excluding carboxylic acids is 2. The predicted octanol–water partition coefficient (Wildman–Crippen LogP) is 2.79. The van der Waals surface area contributed by atoms with E-state index >= 15 is 0 Å². The molecule has 0 amide bonds. The molecule has 3 nitrogen and oxygen atoms in total. The Bertz CT molecular complexity index is 416. The van der Waals surface area contributed by atoms with Crippen molar-refractivity contribution in [2.75, 3.05) is 0 Å². The molecule has 0 aliphatic heterocycles. The van der Waals surface area contributed by atoms with Crippen LogP contribution < -0.4 is 0 Å². The van der Waals surface area contributed by atoms with Crippen LogP contribution >= 0.6 is 23.2 Å². The van der Waals surface area contributed by atoms with Crippen LogP contribution in [0.1, 0.15) is 34.8 Å². The van der Waals surface area contributed by atoms with E-state index in [0.717, 1.165) is 0 Å². The number of Topliss-reactive ketones (excluding diaryl/α,β-unsaturated/α-hetero) is 2. The normalized spacial score (nSPS) is 10.0. The molecular weight excluding hydrogens is 225 g/mol. The van der Waals surface area contributed by atoms with Gasteiger partial charge in [-0.05, 0) is 6.07 Å². The number of aromatic nitrogens is 1. The highest BCUT2D eigenvalue weighted by molar-refractivity contribution is 6.43. The molecule has 0 fully saturated rings. The van der Waals surface area contributed by atoms with Gasteiger partial charge < -0.3 is 0 Å². The highest BCUT2D eigenvalue weighted by Gasteiger charge is 2.14. The van der Waals surface area contributed by atoms with Crippen molar-refractivity contribution < 1.29 is 9.59 Å². The summed E-state index contributed by atoms with van der Waals surface area (Å²) in [5.41, 5.74) is 0.175. The Kier molecular flexibility index (Phi) is 3.24. The van der Waals surface area contributed by atoms with Crippen LogP contribution in [0.15, 0.2) is 6.07 Å². The molecule has 0 aliphatic rings. The predicted molar refractivity (Wildman–Crippen MR) is 54.3 cm³/mol. The van der Waals surface area contributed by atoms with Crippen molar-refractivity contribution in [3.63, 3.8) is 0 Å². The number of hydrogen-bond acceptors (Lipinski definition) is 3. The van der Waals surface area contributed by atoms with E-state index in [-0.39, 0.29) is 33.0 Å². The van der Waals surface area contributed by atoms with Crippen LogP contribution in [0.25, 0.3) is 0 Å². The summed E-state index contributed by atoms with van der Waals surface area (Å²) in [6, 6.07) is 1.35. The second-order valence-corrected chi connectivity index (χ2v) is 3.55. The maximum absolute atomic E-state index is 11.1. The summed E-state index contributed by atoms with van der Waals surface area (Å²) in [5.74, 6) is -0.578. The van der Waals surface area contributed by atoms with Crippen molar-refractivity contribution in [1.29, 1.82) is 0 Å². The number of hydrogen-bond donors (Lipinski definition) is 0. The largest absolute Gasteiger partial charge is 0.293 e. The molecule has 0 bridgehead atoms. The van der Waals surface area contributed by atoms with E-state index in [1.807, 2.05) is 0 Å². The minimum Gasteiger partial charge on any atom is -0.293 e. The zero-order valence-corrected chi connectivity index (χ0v) is 9.11. The molecule has 0 N–H and O–H groups in total. The molecule has 1 rings (SSSR count). The van der Waals surface area contributed by atoms with Crippen molar-refractivity contribution >= 4 is 34.8 Å². The lowest BCUT2D eigenvalue weighted by atomic mass is 10.2. The molecule has 0 saturated heterocycles. The average Bonchev–Trinajstić information content (AvgIpc) is 2.08. The third kappa shape index (κ3) is 2.11. The molecule has 0 aliphatic carbocycles. The lowest BCUT2D eigenvalue weighted by Gasteiger charge is -2.03. The fraction of sp³-hybridized carbons (Fsp3) is 0.222. The minimum absolute atomic E-state index is 0.0318. The van der Waals surface area contributed by atoms with Crippen molar-refractivity contribution in [3.05, 3.63) is 27.5 Å². The van der Waals surface area contributed by atoms with Gasteiger partial charge in [0, 0.05) is 13.8 Å².